The van der Waals surface area contributed by atoms with E-state index in [1.807, 2.05) is 0 Å². The molecule has 0 spiro atoms. The molecule has 1 saturated heterocycles. The predicted octanol–water partition coefficient (Wildman–Crippen LogP) is 4.15. The second-order valence-corrected chi connectivity index (χ2v) is 10.3. The highest BCUT2D eigenvalue weighted by Gasteiger charge is 2.38. The number of thiophene rings is 1. The van der Waals surface area contributed by atoms with E-state index >= 15 is 0 Å². The number of nitrogens with zero attached hydrogens (tertiary/aromatic N) is 1. The number of rotatable bonds is 7. The maximum atomic E-state index is 12.8. The van der Waals surface area contributed by atoms with Gasteiger partial charge in [-0.05, 0) is 44.2 Å². The molecule has 164 valence electrons. The number of anilines is 1. The van der Waals surface area contributed by atoms with Gasteiger partial charge in [0.25, 0.3) is 0 Å². The van der Waals surface area contributed by atoms with Crippen molar-refractivity contribution in [3.05, 3.63) is 40.2 Å². The lowest BCUT2D eigenvalue weighted by atomic mass is 9.95. The second kappa shape index (κ2) is 9.54. The molecule has 2 aliphatic rings. The van der Waals surface area contributed by atoms with Crippen LogP contribution in [0.25, 0.3) is 0 Å². The molecular formula is C21H22N2O5S3. The summed E-state index contributed by atoms with van der Waals surface area (Å²) < 4.78 is 10.7. The molecule has 0 radical (unpaired) electrons. The van der Waals surface area contributed by atoms with Gasteiger partial charge < -0.3 is 14.5 Å². The minimum atomic E-state index is -0.583. The molecule has 1 aliphatic carbocycles. The molecule has 1 fully saturated rings. The molecule has 0 saturated carbocycles. The van der Waals surface area contributed by atoms with Gasteiger partial charge in [0.05, 0.1) is 36.5 Å². The van der Waals surface area contributed by atoms with Crippen LogP contribution in [0, 0.1) is 0 Å². The van der Waals surface area contributed by atoms with Crippen molar-refractivity contribution in [2.75, 3.05) is 11.9 Å². The highest BCUT2D eigenvalue weighted by Crippen LogP contribution is 2.39. The van der Waals surface area contributed by atoms with Crippen LogP contribution in [0.4, 0.5) is 5.00 Å². The number of hydrogen-bond acceptors (Lipinski definition) is 8. The van der Waals surface area contributed by atoms with E-state index in [1.165, 1.54) is 28.0 Å². The molecule has 1 N–H and O–H groups in total. The number of furan rings is 1. The van der Waals surface area contributed by atoms with Gasteiger partial charge in [0.1, 0.15) is 9.32 Å². The van der Waals surface area contributed by atoms with Crippen LogP contribution in [0.5, 0.6) is 0 Å². The molecule has 7 nitrogen and oxygen atoms in total. The molecule has 4 rings (SSSR count). The van der Waals surface area contributed by atoms with E-state index in [0.29, 0.717) is 21.4 Å². The Morgan fingerprint density at radius 1 is 1.35 bits per heavy atom. The fourth-order valence-corrected chi connectivity index (χ4v) is 6.54. The first kappa shape index (κ1) is 22.0. The lowest BCUT2D eigenvalue weighted by molar-refractivity contribution is -0.128. The summed E-state index contributed by atoms with van der Waals surface area (Å²) in [4.78, 5) is 40.8. The Hall–Kier alpha value is -2.17. The number of amides is 2. The maximum absolute atomic E-state index is 12.8. The molecule has 0 bridgehead atoms. The van der Waals surface area contributed by atoms with E-state index in [-0.39, 0.29) is 24.8 Å². The molecule has 1 aliphatic heterocycles. The highest BCUT2D eigenvalue weighted by atomic mass is 32.2. The maximum Gasteiger partial charge on any atom is 0.341 e. The minimum Gasteiger partial charge on any atom is -0.472 e. The van der Waals surface area contributed by atoms with Crippen LogP contribution in [0.3, 0.4) is 0 Å². The van der Waals surface area contributed by atoms with Crippen LogP contribution >= 0.6 is 35.3 Å². The number of hydrogen-bond donors (Lipinski definition) is 1. The topological polar surface area (TPSA) is 88.8 Å². The van der Waals surface area contributed by atoms with Crippen molar-refractivity contribution in [2.45, 2.75) is 50.8 Å². The third-order valence-corrected chi connectivity index (χ3v) is 7.99. The number of ether oxygens (including phenoxy) is 1. The number of carbonyl (C=O) groups excluding carboxylic acids is 3. The summed E-state index contributed by atoms with van der Waals surface area (Å²) in [7, 11) is 0. The smallest absolute Gasteiger partial charge is 0.341 e. The number of esters is 1. The average molecular weight is 479 g/mol. The van der Waals surface area contributed by atoms with E-state index in [9.17, 15) is 14.4 Å². The summed E-state index contributed by atoms with van der Waals surface area (Å²) in [5.41, 5.74) is 2.30. The van der Waals surface area contributed by atoms with E-state index in [1.54, 1.807) is 25.5 Å². The summed E-state index contributed by atoms with van der Waals surface area (Å²) >= 11 is 7.99. The van der Waals surface area contributed by atoms with Gasteiger partial charge in [0.2, 0.25) is 11.8 Å². The monoisotopic (exact) mass is 478 g/mol. The van der Waals surface area contributed by atoms with Crippen LogP contribution in [0.2, 0.25) is 0 Å². The van der Waals surface area contributed by atoms with Crippen LogP contribution in [0.1, 0.15) is 52.5 Å². The van der Waals surface area contributed by atoms with E-state index in [0.717, 1.165) is 41.7 Å². The fraction of sp³-hybridized carbons (Fsp3) is 0.429. The van der Waals surface area contributed by atoms with Gasteiger partial charge in [0, 0.05) is 16.9 Å². The lowest BCUT2D eigenvalue weighted by Gasteiger charge is -2.14. The zero-order valence-electron chi connectivity index (χ0n) is 17.0. The molecule has 3 heterocycles. The largest absolute Gasteiger partial charge is 0.472 e. The number of carbonyl (C=O) groups is 3. The van der Waals surface area contributed by atoms with Crippen molar-refractivity contribution < 1.29 is 23.5 Å². The molecular weight excluding hydrogens is 456 g/mol. The standard InChI is InChI=1S/C21H22N2O5S3/c1-2-28-20(26)17-13-5-3-4-6-14(13)30-18(17)22-16(24)9-15-19(25)23(21(29)31-15)10-12-7-8-27-11-12/h7-8,11,15H,2-6,9-10H2,1H3,(H,22,24)/t15-/m1/s1. The third kappa shape index (κ3) is 4.70. The molecule has 10 heteroatoms. The van der Waals surface area contributed by atoms with Crippen LogP contribution in [0.15, 0.2) is 23.0 Å². The molecule has 0 unspecified atom stereocenters. The van der Waals surface area contributed by atoms with Crippen molar-refractivity contribution in [2.24, 2.45) is 0 Å². The van der Waals surface area contributed by atoms with E-state index < -0.39 is 11.2 Å². The Balaban J connectivity index is 1.45. The number of aryl methyl sites for hydroxylation is 1. The van der Waals surface area contributed by atoms with Gasteiger partial charge in [-0.3, -0.25) is 14.5 Å². The summed E-state index contributed by atoms with van der Waals surface area (Å²) in [6, 6.07) is 1.77. The average Bonchev–Trinajstić information content (AvgIpc) is 3.43. The van der Waals surface area contributed by atoms with Crippen molar-refractivity contribution in [1.82, 2.24) is 4.90 Å². The van der Waals surface area contributed by atoms with Crippen molar-refractivity contribution in [1.29, 1.82) is 0 Å². The number of thiocarbonyl (C=S) groups is 1. The van der Waals surface area contributed by atoms with Crippen LogP contribution in [-0.4, -0.2) is 38.9 Å². The first-order chi connectivity index (χ1) is 15.0. The van der Waals surface area contributed by atoms with Gasteiger partial charge >= 0.3 is 5.97 Å². The Bertz CT molecular complexity index is 1010. The Morgan fingerprint density at radius 3 is 2.90 bits per heavy atom. The van der Waals surface area contributed by atoms with Gasteiger partial charge in [0.15, 0.2) is 0 Å². The van der Waals surface area contributed by atoms with Gasteiger partial charge in [-0.1, -0.05) is 24.0 Å². The molecule has 2 aromatic heterocycles. The normalized spacial score (nSPS) is 18.2. The molecule has 0 aromatic carbocycles. The van der Waals surface area contributed by atoms with Gasteiger partial charge in [-0.25, -0.2) is 4.79 Å². The first-order valence-electron chi connectivity index (χ1n) is 10.1. The number of thioether (sulfide) groups is 1. The Kier molecular flexibility index (Phi) is 6.78. The van der Waals surface area contributed by atoms with Gasteiger partial charge in [-0.15, -0.1) is 11.3 Å². The Morgan fingerprint density at radius 2 is 2.16 bits per heavy atom. The quantitative estimate of drug-likeness (QED) is 0.472. The molecule has 2 amide bonds. The molecule has 2 aromatic rings. The lowest BCUT2D eigenvalue weighted by Crippen LogP contribution is -2.32. The van der Waals surface area contributed by atoms with Crippen molar-refractivity contribution in [3.8, 4) is 0 Å². The summed E-state index contributed by atoms with van der Waals surface area (Å²) in [6.45, 7) is 2.36. The molecule has 1 atom stereocenters. The van der Waals surface area contributed by atoms with Crippen LogP contribution in [-0.2, 0) is 33.7 Å². The Labute approximate surface area is 193 Å². The SMILES string of the molecule is CCOC(=O)c1c(NC(=O)C[C@H]2SC(=S)N(Cc3ccoc3)C2=O)sc2c1CCCC2. The zero-order valence-corrected chi connectivity index (χ0v) is 19.4. The summed E-state index contributed by atoms with van der Waals surface area (Å²) in [5, 5.41) is 2.80. The minimum absolute atomic E-state index is 0.0175. The summed E-state index contributed by atoms with van der Waals surface area (Å²) in [6.07, 6.45) is 6.88. The third-order valence-electron chi connectivity index (χ3n) is 5.20. The van der Waals surface area contributed by atoms with E-state index in [4.69, 9.17) is 21.4 Å². The predicted molar refractivity (Wildman–Crippen MR) is 123 cm³/mol. The fourth-order valence-electron chi connectivity index (χ4n) is 3.76. The first-order valence-corrected chi connectivity index (χ1v) is 12.2. The second-order valence-electron chi connectivity index (χ2n) is 7.32. The van der Waals surface area contributed by atoms with Crippen molar-refractivity contribution >= 4 is 62.4 Å². The summed E-state index contributed by atoms with van der Waals surface area (Å²) in [5.74, 6) is -0.915. The highest BCUT2D eigenvalue weighted by molar-refractivity contribution is 8.24. The van der Waals surface area contributed by atoms with E-state index in [2.05, 4.69) is 5.32 Å². The number of fused-ring (bicyclic) bond motifs is 1. The van der Waals surface area contributed by atoms with Gasteiger partial charge in [-0.2, -0.15) is 0 Å². The van der Waals surface area contributed by atoms with Crippen LogP contribution < -0.4 is 5.32 Å². The van der Waals surface area contributed by atoms with Crippen molar-refractivity contribution in [3.63, 3.8) is 0 Å². The molecule has 31 heavy (non-hydrogen) atoms. The number of nitrogens with one attached hydrogen (secondary N) is 1. The zero-order chi connectivity index (χ0) is 22.0.